The van der Waals surface area contributed by atoms with Crippen LogP contribution in [0.25, 0.3) is 0 Å². The van der Waals surface area contributed by atoms with Crippen molar-refractivity contribution in [1.29, 1.82) is 0 Å². The molecule has 1 atom stereocenters. The van der Waals surface area contributed by atoms with Crippen LogP contribution in [0, 0.1) is 10.1 Å². The fourth-order valence-electron chi connectivity index (χ4n) is 4.27. The number of hydrogen-bond donors (Lipinski definition) is 1. The molecular weight excluding hydrogens is 532 g/mol. The van der Waals surface area contributed by atoms with E-state index >= 15 is 0 Å². The smallest absolute Gasteiger partial charge is 0.269 e. The van der Waals surface area contributed by atoms with Crippen molar-refractivity contribution in [3.63, 3.8) is 0 Å². The molecule has 3 aromatic rings. The second-order valence-corrected chi connectivity index (χ2v) is 11.4. The first kappa shape index (κ1) is 30.3. The minimum atomic E-state index is -4.24. The molecule has 0 spiro atoms. The lowest BCUT2D eigenvalue weighted by molar-refractivity contribution is -0.384. The van der Waals surface area contributed by atoms with Crippen LogP contribution in [-0.4, -0.2) is 55.2 Å². The fourth-order valence-corrected chi connectivity index (χ4v) is 5.70. The zero-order valence-corrected chi connectivity index (χ0v) is 23.6. The predicted octanol–water partition coefficient (Wildman–Crippen LogP) is 4.16. The molecule has 0 aliphatic rings. The number of non-ortho nitro benzene ring substituents is 1. The second-order valence-electron chi connectivity index (χ2n) is 9.51. The lowest BCUT2D eigenvalue weighted by atomic mass is 10.1. The molecule has 11 heteroatoms. The van der Waals surface area contributed by atoms with Gasteiger partial charge in [-0.05, 0) is 56.5 Å². The molecule has 40 heavy (non-hydrogen) atoms. The van der Waals surface area contributed by atoms with Crippen LogP contribution < -0.4 is 9.62 Å². The molecule has 0 heterocycles. The normalized spacial score (nSPS) is 12.0. The third-order valence-electron chi connectivity index (χ3n) is 6.26. The van der Waals surface area contributed by atoms with Crippen molar-refractivity contribution in [2.24, 2.45) is 0 Å². The maximum atomic E-state index is 13.9. The summed E-state index contributed by atoms with van der Waals surface area (Å²) < 4.78 is 28.4. The van der Waals surface area contributed by atoms with Gasteiger partial charge in [-0.15, -0.1) is 0 Å². The summed E-state index contributed by atoms with van der Waals surface area (Å²) >= 11 is 0. The fraction of sp³-hybridized carbons (Fsp3) is 0.310. The third kappa shape index (κ3) is 7.66. The number of benzene rings is 3. The van der Waals surface area contributed by atoms with E-state index in [-0.39, 0.29) is 34.8 Å². The van der Waals surface area contributed by atoms with Crippen molar-refractivity contribution in [2.75, 3.05) is 17.4 Å². The van der Waals surface area contributed by atoms with Crippen LogP contribution in [0.2, 0.25) is 0 Å². The summed E-state index contributed by atoms with van der Waals surface area (Å²) in [6.07, 6.45) is 0.781. The van der Waals surface area contributed by atoms with Crippen molar-refractivity contribution in [2.45, 2.75) is 50.6 Å². The van der Waals surface area contributed by atoms with Crippen molar-refractivity contribution in [3.8, 4) is 0 Å². The molecule has 0 radical (unpaired) electrons. The Labute approximate surface area is 234 Å². The largest absolute Gasteiger partial charge is 0.352 e. The van der Waals surface area contributed by atoms with Gasteiger partial charge in [0, 0.05) is 24.7 Å². The molecule has 0 saturated heterocycles. The molecule has 1 N–H and O–H groups in total. The number of carbonyl (C=O) groups is 2. The van der Waals surface area contributed by atoms with E-state index in [0.717, 1.165) is 9.87 Å². The highest BCUT2D eigenvalue weighted by Crippen LogP contribution is 2.26. The molecule has 0 aromatic heterocycles. The molecule has 0 aliphatic carbocycles. The van der Waals surface area contributed by atoms with E-state index in [1.165, 1.54) is 41.3 Å². The van der Waals surface area contributed by atoms with Crippen LogP contribution in [0.5, 0.6) is 0 Å². The Kier molecular flexibility index (Phi) is 10.4. The first-order valence-corrected chi connectivity index (χ1v) is 14.4. The quantitative estimate of drug-likeness (QED) is 0.244. The standard InChI is InChI=1S/C29H34N4O6S/c1-4-27(29(35)30-22(2)3)31(20-19-23-11-7-5-8-12-23)28(34)21-32(24-15-17-25(18-16-24)33(36)37)40(38,39)26-13-9-6-10-14-26/h5-18,22,27H,4,19-21H2,1-3H3,(H,30,35)/t27-/m1/s1. The summed E-state index contributed by atoms with van der Waals surface area (Å²) in [6.45, 7) is 5.02. The van der Waals surface area contributed by atoms with Crippen LogP contribution >= 0.6 is 0 Å². The topological polar surface area (TPSA) is 130 Å². The zero-order valence-electron chi connectivity index (χ0n) is 22.8. The number of nitrogens with one attached hydrogen (secondary N) is 1. The molecule has 3 aromatic carbocycles. The van der Waals surface area contributed by atoms with Gasteiger partial charge in [-0.3, -0.25) is 24.0 Å². The minimum Gasteiger partial charge on any atom is -0.352 e. The molecular formula is C29H34N4O6S. The molecule has 10 nitrogen and oxygen atoms in total. The lowest BCUT2D eigenvalue weighted by Gasteiger charge is -2.33. The first-order valence-electron chi connectivity index (χ1n) is 13.0. The van der Waals surface area contributed by atoms with Crippen molar-refractivity contribution >= 4 is 33.2 Å². The second kappa shape index (κ2) is 13.7. The molecule has 0 unspecified atom stereocenters. The Hall–Kier alpha value is -4.25. The van der Waals surface area contributed by atoms with Gasteiger partial charge in [-0.2, -0.15) is 0 Å². The molecule has 3 rings (SSSR count). The van der Waals surface area contributed by atoms with Crippen LogP contribution in [0.15, 0.2) is 89.8 Å². The van der Waals surface area contributed by atoms with Gasteiger partial charge in [-0.1, -0.05) is 55.5 Å². The van der Waals surface area contributed by atoms with Crippen LogP contribution in [0.1, 0.15) is 32.8 Å². The molecule has 212 valence electrons. The number of carbonyl (C=O) groups excluding carboxylic acids is 2. The SMILES string of the molecule is CC[C@H](C(=O)NC(C)C)N(CCc1ccccc1)C(=O)CN(c1ccc([N+](=O)[O-])cc1)S(=O)(=O)c1ccccc1. The van der Waals surface area contributed by atoms with Gasteiger partial charge in [-0.25, -0.2) is 8.42 Å². The van der Waals surface area contributed by atoms with E-state index in [4.69, 9.17) is 0 Å². The monoisotopic (exact) mass is 566 g/mol. The van der Waals surface area contributed by atoms with E-state index in [9.17, 15) is 28.1 Å². The number of nitro benzene ring substituents is 1. The number of rotatable bonds is 13. The number of nitrogens with zero attached hydrogens (tertiary/aromatic N) is 3. The van der Waals surface area contributed by atoms with Crippen molar-refractivity contribution in [3.05, 3.63) is 101 Å². The maximum Gasteiger partial charge on any atom is 0.269 e. The van der Waals surface area contributed by atoms with E-state index in [1.54, 1.807) is 25.1 Å². The Bertz CT molecular complexity index is 1400. The zero-order chi connectivity index (χ0) is 29.3. The Morgan fingerprint density at radius 1 is 0.925 bits per heavy atom. The highest BCUT2D eigenvalue weighted by Gasteiger charge is 2.33. The van der Waals surface area contributed by atoms with Crippen LogP contribution in [0.3, 0.4) is 0 Å². The van der Waals surface area contributed by atoms with Gasteiger partial charge in [0.25, 0.3) is 15.7 Å². The van der Waals surface area contributed by atoms with Gasteiger partial charge in [0.15, 0.2) is 0 Å². The highest BCUT2D eigenvalue weighted by atomic mass is 32.2. The first-order chi connectivity index (χ1) is 19.0. The van der Waals surface area contributed by atoms with E-state index in [1.807, 2.05) is 44.2 Å². The Balaban J connectivity index is 2.02. The van der Waals surface area contributed by atoms with Gasteiger partial charge in [0.05, 0.1) is 15.5 Å². The number of hydrogen-bond acceptors (Lipinski definition) is 6. The van der Waals surface area contributed by atoms with E-state index in [2.05, 4.69) is 5.32 Å². The summed E-state index contributed by atoms with van der Waals surface area (Å²) in [5.74, 6) is -0.897. The summed E-state index contributed by atoms with van der Waals surface area (Å²) in [5.41, 5.74) is 0.835. The molecule has 0 saturated carbocycles. The average molecular weight is 567 g/mol. The van der Waals surface area contributed by atoms with Crippen molar-refractivity contribution < 1.29 is 22.9 Å². The number of anilines is 1. The summed E-state index contributed by atoms with van der Waals surface area (Å²) in [5, 5.41) is 14.0. The van der Waals surface area contributed by atoms with Crippen LogP contribution in [0.4, 0.5) is 11.4 Å². The molecule has 0 fully saturated rings. The van der Waals surface area contributed by atoms with E-state index in [0.29, 0.717) is 12.8 Å². The highest BCUT2D eigenvalue weighted by molar-refractivity contribution is 7.92. The lowest BCUT2D eigenvalue weighted by Crippen LogP contribution is -2.54. The summed E-state index contributed by atoms with van der Waals surface area (Å²) in [4.78, 5) is 39.0. The van der Waals surface area contributed by atoms with Gasteiger partial charge in [0.2, 0.25) is 11.8 Å². The van der Waals surface area contributed by atoms with Crippen molar-refractivity contribution in [1.82, 2.24) is 10.2 Å². The van der Waals surface area contributed by atoms with Gasteiger partial charge in [0.1, 0.15) is 12.6 Å². The average Bonchev–Trinajstić information content (AvgIpc) is 2.94. The number of sulfonamides is 1. The third-order valence-corrected chi connectivity index (χ3v) is 8.05. The molecule has 0 aliphatic heterocycles. The maximum absolute atomic E-state index is 13.9. The molecule has 2 amide bonds. The Morgan fingerprint density at radius 2 is 1.50 bits per heavy atom. The minimum absolute atomic E-state index is 0.0402. The number of nitro groups is 1. The summed E-state index contributed by atoms with van der Waals surface area (Å²) in [6, 6.07) is 21.1. The predicted molar refractivity (Wildman–Crippen MR) is 153 cm³/mol. The van der Waals surface area contributed by atoms with Gasteiger partial charge < -0.3 is 10.2 Å². The van der Waals surface area contributed by atoms with Gasteiger partial charge >= 0.3 is 0 Å². The summed E-state index contributed by atoms with van der Waals surface area (Å²) in [7, 11) is -4.24. The number of amides is 2. The molecule has 0 bridgehead atoms. The Morgan fingerprint density at radius 3 is 2.02 bits per heavy atom. The van der Waals surface area contributed by atoms with E-state index < -0.39 is 33.4 Å². The van der Waals surface area contributed by atoms with Crippen LogP contribution in [-0.2, 0) is 26.0 Å².